The second kappa shape index (κ2) is 11.8. The van der Waals surface area contributed by atoms with Crippen molar-refractivity contribution in [2.45, 2.75) is 19.5 Å². The number of hydrogen-bond acceptors (Lipinski definition) is 6. The molecular weight excluding hydrogens is 527 g/mol. The van der Waals surface area contributed by atoms with Gasteiger partial charge in [0.2, 0.25) is 0 Å². The van der Waals surface area contributed by atoms with Gasteiger partial charge < -0.3 is 24.7 Å². The summed E-state index contributed by atoms with van der Waals surface area (Å²) in [5, 5.41) is 19.9. The van der Waals surface area contributed by atoms with Crippen LogP contribution in [-0.4, -0.2) is 45.3 Å². The van der Waals surface area contributed by atoms with Gasteiger partial charge in [0.25, 0.3) is 11.8 Å². The molecule has 0 spiro atoms. The van der Waals surface area contributed by atoms with Gasteiger partial charge in [0.05, 0.1) is 12.1 Å². The second-order valence-electron chi connectivity index (χ2n) is 8.85. The van der Waals surface area contributed by atoms with Crippen LogP contribution in [0, 0.1) is 0 Å². The van der Waals surface area contributed by atoms with Crippen molar-refractivity contribution in [3.63, 3.8) is 0 Å². The van der Waals surface area contributed by atoms with Crippen molar-refractivity contribution in [3.05, 3.63) is 114 Å². The molecule has 3 aromatic carbocycles. The molecule has 0 bridgehead atoms. The lowest BCUT2D eigenvalue weighted by Crippen LogP contribution is -2.31. The summed E-state index contributed by atoms with van der Waals surface area (Å²) in [5.41, 5.74) is 2.07. The lowest BCUT2D eigenvalue weighted by molar-refractivity contribution is -0.274. The Hall–Kier alpha value is -5.06. The highest BCUT2D eigenvalue weighted by molar-refractivity contribution is 6.08. The van der Waals surface area contributed by atoms with E-state index in [1.807, 2.05) is 0 Å². The van der Waals surface area contributed by atoms with Crippen molar-refractivity contribution in [2.75, 3.05) is 11.9 Å². The predicted molar refractivity (Wildman–Crippen MR) is 140 cm³/mol. The van der Waals surface area contributed by atoms with Gasteiger partial charge in [0, 0.05) is 43.3 Å². The minimum absolute atomic E-state index is 0.0202. The first kappa shape index (κ1) is 28.0. The van der Waals surface area contributed by atoms with Gasteiger partial charge in [-0.2, -0.15) is 0 Å². The molecule has 0 saturated heterocycles. The van der Waals surface area contributed by atoms with Crippen LogP contribution in [0.5, 0.6) is 17.2 Å². The monoisotopic (exact) mass is 551 g/mol. The highest BCUT2D eigenvalue weighted by atomic mass is 19.4. The Morgan fingerprint density at radius 1 is 0.875 bits per heavy atom. The molecule has 0 fully saturated rings. The maximum absolute atomic E-state index is 13.4. The SMILES string of the molecule is CN(Cc1ccc(OC(F)(F)F)cc1)C(=O)c1ccc(N(Cc2cccnc2)C(=O)c2ccc(O)cc2O)cc1. The van der Waals surface area contributed by atoms with Crippen molar-refractivity contribution >= 4 is 17.5 Å². The van der Waals surface area contributed by atoms with Crippen LogP contribution in [0.3, 0.4) is 0 Å². The summed E-state index contributed by atoms with van der Waals surface area (Å²) in [4.78, 5) is 33.3. The van der Waals surface area contributed by atoms with Crippen molar-refractivity contribution in [1.82, 2.24) is 9.88 Å². The summed E-state index contributed by atoms with van der Waals surface area (Å²) < 4.78 is 41.0. The first-order chi connectivity index (χ1) is 19.0. The Morgan fingerprint density at radius 3 is 2.17 bits per heavy atom. The Balaban J connectivity index is 1.52. The fourth-order valence-electron chi connectivity index (χ4n) is 3.95. The lowest BCUT2D eigenvalue weighted by Gasteiger charge is -2.24. The highest BCUT2D eigenvalue weighted by Crippen LogP contribution is 2.28. The average molecular weight is 552 g/mol. The van der Waals surface area contributed by atoms with E-state index in [2.05, 4.69) is 9.72 Å². The Kier molecular flexibility index (Phi) is 8.23. The molecule has 4 rings (SSSR count). The van der Waals surface area contributed by atoms with Gasteiger partial charge in [0.1, 0.15) is 17.2 Å². The zero-order chi connectivity index (χ0) is 28.9. The number of benzene rings is 3. The number of ether oxygens (including phenoxy) is 1. The summed E-state index contributed by atoms with van der Waals surface area (Å²) in [6.45, 7) is 0.257. The molecule has 0 radical (unpaired) electrons. The molecule has 1 aromatic heterocycles. The summed E-state index contributed by atoms with van der Waals surface area (Å²) >= 11 is 0. The van der Waals surface area contributed by atoms with Crippen LogP contribution in [0.25, 0.3) is 0 Å². The molecule has 8 nitrogen and oxygen atoms in total. The third-order valence-corrected chi connectivity index (χ3v) is 5.87. The number of rotatable bonds is 8. The van der Waals surface area contributed by atoms with E-state index in [1.54, 1.807) is 55.8 Å². The van der Waals surface area contributed by atoms with Crippen LogP contribution in [0.1, 0.15) is 31.8 Å². The van der Waals surface area contributed by atoms with Gasteiger partial charge in [0.15, 0.2) is 0 Å². The Bertz CT molecular complexity index is 1480. The highest BCUT2D eigenvalue weighted by Gasteiger charge is 2.31. The predicted octanol–water partition coefficient (Wildman–Crippen LogP) is 5.51. The number of carbonyl (C=O) groups excluding carboxylic acids is 2. The number of pyridine rings is 1. The van der Waals surface area contributed by atoms with Gasteiger partial charge in [-0.3, -0.25) is 14.6 Å². The minimum atomic E-state index is -4.79. The molecule has 0 aliphatic heterocycles. The molecule has 0 atom stereocenters. The van der Waals surface area contributed by atoms with Gasteiger partial charge in [-0.25, -0.2) is 0 Å². The summed E-state index contributed by atoms with van der Waals surface area (Å²) in [6, 6.07) is 18.7. The van der Waals surface area contributed by atoms with Crippen LogP contribution in [-0.2, 0) is 13.1 Å². The second-order valence-corrected chi connectivity index (χ2v) is 8.85. The van der Waals surface area contributed by atoms with Crippen molar-refractivity contribution in [1.29, 1.82) is 0 Å². The molecular formula is C29H24F3N3O5. The molecule has 0 unspecified atom stereocenters. The molecule has 2 amide bonds. The molecule has 0 saturated carbocycles. The van der Waals surface area contributed by atoms with Crippen molar-refractivity contribution < 1.29 is 37.7 Å². The van der Waals surface area contributed by atoms with Gasteiger partial charge in [-0.1, -0.05) is 18.2 Å². The third kappa shape index (κ3) is 7.07. The minimum Gasteiger partial charge on any atom is -0.508 e. The number of amides is 2. The standard InChI is InChI=1S/C29H24F3N3O5/c1-34(17-19-4-11-24(12-5-19)40-29(30,31)32)27(38)21-6-8-22(9-7-21)35(18-20-3-2-14-33-16-20)28(39)25-13-10-23(36)15-26(25)37/h2-16,36-37H,17-18H2,1H3. The zero-order valence-electron chi connectivity index (χ0n) is 21.2. The molecule has 11 heteroatoms. The van der Waals surface area contributed by atoms with Crippen LogP contribution in [0.2, 0.25) is 0 Å². The fraction of sp³-hybridized carbons (Fsp3) is 0.138. The molecule has 0 aliphatic carbocycles. The number of alkyl halides is 3. The Labute approximate surface area is 227 Å². The molecule has 4 aromatic rings. The smallest absolute Gasteiger partial charge is 0.508 e. The number of halogens is 3. The topological polar surface area (TPSA) is 103 Å². The van der Waals surface area contributed by atoms with E-state index in [4.69, 9.17) is 0 Å². The van der Waals surface area contributed by atoms with Gasteiger partial charge in [-0.05, 0) is 65.7 Å². The maximum atomic E-state index is 13.4. The van der Waals surface area contributed by atoms with E-state index in [-0.39, 0.29) is 41.8 Å². The van der Waals surface area contributed by atoms with Crippen LogP contribution >= 0.6 is 0 Å². The molecule has 2 N–H and O–H groups in total. The fourth-order valence-corrected chi connectivity index (χ4v) is 3.95. The average Bonchev–Trinajstić information content (AvgIpc) is 2.92. The van der Waals surface area contributed by atoms with E-state index in [1.165, 1.54) is 46.2 Å². The Morgan fingerprint density at radius 2 is 1.57 bits per heavy atom. The van der Waals surface area contributed by atoms with E-state index in [0.717, 1.165) is 11.6 Å². The number of nitrogens with zero attached hydrogens (tertiary/aromatic N) is 3. The first-order valence-electron chi connectivity index (χ1n) is 11.9. The van der Waals surface area contributed by atoms with Crippen LogP contribution in [0.15, 0.2) is 91.3 Å². The number of phenolic OH excluding ortho intramolecular Hbond substituents is 2. The number of aromatic hydroxyl groups is 2. The lowest BCUT2D eigenvalue weighted by atomic mass is 10.1. The van der Waals surface area contributed by atoms with E-state index in [9.17, 15) is 33.0 Å². The molecule has 206 valence electrons. The number of anilines is 1. The number of carbonyl (C=O) groups is 2. The number of aromatic nitrogens is 1. The summed E-state index contributed by atoms with van der Waals surface area (Å²) in [6.07, 6.45) is -1.59. The maximum Gasteiger partial charge on any atom is 0.573 e. The van der Waals surface area contributed by atoms with Crippen LogP contribution in [0.4, 0.5) is 18.9 Å². The first-order valence-corrected chi connectivity index (χ1v) is 11.9. The van der Waals surface area contributed by atoms with Crippen molar-refractivity contribution in [3.8, 4) is 17.2 Å². The summed E-state index contributed by atoms with van der Waals surface area (Å²) in [7, 11) is 1.56. The molecule has 1 heterocycles. The van der Waals surface area contributed by atoms with Gasteiger partial charge >= 0.3 is 6.36 Å². The largest absolute Gasteiger partial charge is 0.573 e. The third-order valence-electron chi connectivity index (χ3n) is 5.87. The number of hydrogen-bond donors (Lipinski definition) is 2. The van der Waals surface area contributed by atoms with Crippen molar-refractivity contribution in [2.24, 2.45) is 0 Å². The molecule has 40 heavy (non-hydrogen) atoms. The van der Waals surface area contributed by atoms with E-state index >= 15 is 0 Å². The van der Waals surface area contributed by atoms with Gasteiger partial charge in [-0.15, -0.1) is 13.2 Å². The summed E-state index contributed by atoms with van der Waals surface area (Å²) in [5.74, 6) is -1.80. The number of phenols is 2. The van der Waals surface area contributed by atoms with E-state index in [0.29, 0.717) is 16.8 Å². The van der Waals surface area contributed by atoms with Crippen LogP contribution < -0.4 is 9.64 Å². The zero-order valence-corrected chi connectivity index (χ0v) is 21.2. The molecule has 0 aliphatic rings. The van der Waals surface area contributed by atoms with E-state index < -0.39 is 12.3 Å². The quantitative estimate of drug-likeness (QED) is 0.299. The normalized spacial score (nSPS) is 11.1.